The van der Waals surface area contributed by atoms with E-state index < -0.39 is 0 Å². The summed E-state index contributed by atoms with van der Waals surface area (Å²) in [5.74, 6) is 1.37. The average molecular weight is 412 g/mol. The average Bonchev–Trinajstić information content (AvgIpc) is 2.63. The number of ether oxygens (including phenoxy) is 2. The monoisotopic (exact) mass is 411 g/mol. The Morgan fingerprint density at radius 2 is 1.85 bits per heavy atom. The summed E-state index contributed by atoms with van der Waals surface area (Å²) in [5.41, 5.74) is 1.89. The molecule has 0 aromatic heterocycles. The molecule has 0 aliphatic rings. The number of halogens is 2. The highest BCUT2D eigenvalue weighted by Crippen LogP contribution is 2.29. The molecule has 7 heteroatoms. The maximum Gasteiger partial charge on any atom is 0.275 e. The number of hydrogen-bond acceptors (Lipinski definition) is 3. The van der Waals surface area contributed by atoms with Crippen LogP contribution in [0.4, 0.5) is 0 Å². The van der Waals surface area contributed by atoms with Gasteiger partial charge in [0.15, 0.2) is 6.54 Å². The smallest absolute Gasteiger partial charge is 0.275 e. The maximum atomic E-state index is 12.5. The zero-order chi connectivity index (χ0) is 20.0. The molecule has 5 nitrogen and oxygen atoms in total. The Morgan fingerprint density at radius 1 is 1.11 bits per heavy atom. The van der Waals surface area contributed by atoms with Crippen LogP contribution >= 0.6 is 23.2 Å². The van der Waals surface area contributed by atoms with Gasteiger partial charge in [-0.3, -0.25) is 4.79 Å². The molecule has 146 valence electrons. The number of quaternary nitrogens is 1. The molecule has 0 fully saturated rings. The van der Waals surface area contributed by atoms with Gasteiger partial charge in [0.05, 0.1) is 37.4 Å². The number of amides is 1. The summed E-state index contributed by atoms with van der Waals surface area (Å²) in [5, 5.41) is 4.06. The van der Waals surface area contributed by atoms with Crippen molar-refractivity contribution in [3.8, 4) is 11.5 Å². The summed E-state index contributed by atoms with van der Waals surface area (Å²) in [6, 6.07) is 10.8. The second-order valence-corrected chi connectivity index (χ2v) is 7.27. The molecule has 2 N–H and O–H groups in total. The van der Waals surface area contributed by atoms with Crippen LogP contribution < -0.4 is 19.7 Å². The highest BCUT2D eigenvalue weighted by Gasteiger charge is 2.18. The molecule has 0 saturated heterocycles. The van der Waals surface area contributed by atoms with Gasteiger partial charge in [-0.05, 0) is 37.3 Å². The minimum atomic E-state index is -0.208. The lowest BCUT2D eigenvalue weighted by Gasteiger charge is -2.20. The van der Waals surface area contributed by atoms with E-state index in [0.29, 0.717) is 34.6 Å². The Morgan fingerprint density at radius 3 is 2.48 bits per heavy atom. The van der Waals surface area contributed by atoms with Crippen molar-refractivity contribution in [2.75, 3.05) is 27.8 Å². The lowest BCUT2D eigenvalue weighted by atomic mass is 10.1. The van der Waals surface area contributed by atoms with E-state index in [4.69, 9.17) is 32.7 Å². The van der Waals surface area contributed by atoms with Crippen LogP contribution in [0.1, 0.15) is 24.1 Å². The number of carbonyl (C=O) groups is 1. The molecular formula is C20H25Cl2N2O3+. The molecule has 2 atom stereocenters. The third kappa shape index (κ3) is 6.03. The highest BCUT2D eigenvalue weighted by atomic mass is 35.5. The molecule has 2 rings (SSSR count). The van der Waals surface area contributed by atoms with Gasteiger partial charge < -0.3 is 19.7 Å². The first-order chi connectivity index (χ1) is 12.8. The summed E-state index contributed by atoms with van der Waals surface area (Å²) >= 11 is 12.0. The van der Waals surface area contributed by atoms with Crippen LogP contribution in [0.5, 0.6) is 11.5 Å². The van der Waals surface area contributed by atoms with Gasteiger partial charge >= 0.3 is 0 Å². The van der Waals surface area contributed by atoms with Crippen LogP contribution in [0.3, 0.4) is 0 Å². The van der Waals surface area contributed by atoms with Gasteiger partial charge in [0.25, 0.3) is 5.91 Å². The van der Waals surface area contributed by atoms with E-state index in [1.807, 2.05) is 44.3 Å². The molecule has 0 spiro atoms. The number of carbonyl (C=O) groups excluding carboxylic acids is 1. The summed E-state index contributed by atoms with van der Waals surface area (Å²) in [4.78, 5) is 13.5. The normalized spacial score (nSPS) is 13.0. The fraction of sp³-hybridized carbons (Fsp3) is 0.350. The SMILES string of the molecule is COc1ccc(OC)c([C@@H](C)NC(=O)C[NH+](C)Cc2ccc(Cl)c(Cl)c2)c1. The Bertz CT molecular complexity index is 799. The lowest BCUT2D eigenvalue weighted by Crippen LogP contribution is -3.08. The Balaban J connectivity index is 1.97. The van der Waals surface area contributed by atoms with E-state index in [-0.39, 0.29) is 11.9 Å². The third-order valence-electron chi connectivity index (χ3n) is 4.23. The highest BCUT2D eigenvalue weighted by molar-refractivity contribution is 6.42. The summed E-state index contributed by atoms with van der Waals surface area (Å²) < 4.78 is 10.7. The molecule has 0 radical (unpaired) electrons. The molecule has 0 saturated carbocycles. The van der Waals surface area contributed by atoms with Crippen molar-refractivity contribution in [3.63, 3.8) is 0 Å². The van der Waals surface area contributed by atoms with Gasteiger partial charge in [-0.1, -0.05) is 29.3 Å². The first-order valence-corrected chi connectivity index (χ1v) is 9.36. The van der Waals surface area contributed by atoms with Gasteiger partial charge in [0, 0.05) is 11.1 Å². The number of likely N-dealkylation sites (N-methyl/N-ethyl adjacent to an activating group) is 1. The molecule has 0 bridgehead atoms. The third-order valence-corrected chi connectivity index (χ3v) is 4.97. The minimum Gasteiger partial charge on any atom is -0.497 e. The second kappa shape index (κ2) is 9.83. The number of hydrogen-bond donors (Lipinski definition) is 2. The largest absolute Gasteiger partial charge is 0.497 e. The summed E-state index contributed by atoms with van der Waals surface area (Å²) in [6.45, 7) is 2.92. The van der Waals surface area contributed by atoms with E-state index in [1.165, 1.54) is 0 Å². The van der Waals surface area contributed by atoms with Gasteiger partial charge in [-0.15, -0.1) is 0 Å². The van der Waals surface area contributed by atoms with Crippen molar-refractivity contribution in [1.82, 2.24) is 5.32 Å². The predicted molar refractivity (Wildman–Crippen MR) is 108 cm³/mol. The van der Waals surface area contributed by atoms with Crippen molar-refractivity contribution in [2.24, 2.45) is 0 Å². The lowest BCUT2D eigenvalue weighted by molar-refractivity contribution is -0.885. The fourth-order valence-electron chi connectivity index (χ4n) is 2.88. The van der Waals surface area contributed by atoms with E-state index in [1.54, 1.807) is 20.3 Å². The number of nitrogens with one attached hydrogen (secondary N) is 2. The molecule has 1 unspecified atom stereocenters. The van der Waals surface area contributed by atoms with E-state index in [0.717, 1.165) is 16.0 Å². The Kier molecular flexibility index (Phi) is 7.78. The van der Waals surface area contributed by atoms with Crippen LogP contribution in [0.25, 0.3) is 0 Å². The Labute approximate surface area is 170 Å². The first-order valence-electron chi connectivity index (χ1n) is 8.60. The molecule has 2 aromatic carbocycles. The van der Waals surface area contributed by atoms with E-state index >= 15 is 0 Å². The molecule has 1 amide bonds. The molecule has 0 aliphatic heterocycles. The predicted octanol–water partition coefficient (Wildman–Crippen LogP) is 2.90. The van der Waals surface area contributed by atoms with Crippen molar-refractivity contribution in [3.05, 3.63) is 57.6 Å². The topological polar surface area (TPSA) is 52.0 Å². The molecule has 0 aliphatic carbocycles. The quantitative estimate of drug-likeness (QED) is 0.701. The fourth-order valence-corrected chi connectivity index (χ4v) is 3.20. The summed E-state index contributed by atoms with van der Waals surface area (Å²) in [6.07, 6.45) is 0. The number of benzene rings is 2. The van der Waals surface area contributed by atoms with Crippen LogP contribution in [0.2, 0.25) is 10.0 Å². The molecule has 0 heterocycles. The van der Waals surface area contributed by atoms with Crippen LogP contribution in [0, 0.1) is 0 Å². The van der Waals surface area contributed by atoms with E-state index in [9.17, 15) is 4.79 Å². The molecule has 2 aromatic rings. The van der Waals surface area contributed by atoms with Gasteiger partial charge in [-0.25, -0.2) is 0 Å². The maximum absolute atomic E-state index is 12.5. The molecular weight excluding hydrogens is 387 g/mol. The second-order valence-electron chi connectivity index (χ2n) is 6.46. The van der Waals surface area contributed by atoms with Crippen LogP contribution in [-0.2, 0) is 11.3 Å². The van der Waals surface area contributed by atoms with Crippen molar-refractivity contribution < 1.29 is 19.2 Å². The van der Waals surface area contributed by atoms with Crippen LogP contribution in [-0.4, -0.2) is 33.7 Å². The minimum absolute atomic E-state index is 0.0510. The van der Waals surface area contributed by atoms with Gasteiger partial charge in [-0.2, -0.15) is 0 Å². The Hall–Kier alpha value is -1.95. The zero-order valence-corrected chi connectivity index (χ0v) is 17.4. The van der Waals surface area contributed by atoms with Crippen molar-refractivity contribution >= 4 is 29.1 Å². The van der Waals surface area contributed by atoms with Gasteiger partial charge in [0.1, 0.15) is 18.0 Å². The summed E-state index contributed by atoms with van der Waals surface area (Å²) in [7, 11) is 5.17. The number of rotatable bonds is 8. The van der Waals surface area contributed by atoms with Crippen molar-refractivity contribution in [1.29, 1.82) is 0 Å². The standard InChI is InChI=1S/C20H24Cl2N2O3/c1-13(16-10-15(26-3)6-8-19(16)27-4)23-20(25)12-24(2)11-14-5-7-17(21)18(22)9-14/h5-10,13H,11-12H2,1-4H3,(H,23,25)/p+1/t13-/m1/s1. The molecule has 27 heavy (non-hydrogen) atoms. The van der Waals surface area contributed by atoms with Gasteiger partial charge in [0.2, 0.25) is 0 Å². The zero-order valence-electron chi connectivity index (χ0n) is 15.9. The first kappa shape index (κ1) is 21.4. The van der Waals surface area contributed by atoms with E-state index in [2.05, 4.69) is 5.32 Å². The van der Waals surface area contributed by atoms with Crippen LogP contribution in [0.15, 0.2) is 36.4 Å². The van der Waals surface area contributed by atoms with Crippen molar-refractivity contribution in [2.45, 2.75) is 19.5 Å². The number of methoxy groups -OCH3 is 2.